The highest BCUT2D eigenvalue weighted by Crippen LogP contribution is 2.39. The lowest BCUT2D eigenvalue weighted by Crippen LogP contribution is -2.21. The van der Waals surface area contributed by atoms with Gasteiger partial charge in [0.25, 0.3) is 0 Å². The highest BCUT2D eigenvalue weighted by Gasteiger charge is 2.26. The Bertz CT molecular complexity index is 1430. The number of carbonyl (C=O) groups excluding carboxylic acids is 1. The molecule has 0 atom stereocenters. The number of nitrogens with zero attached hydrogens (tertiary/aromatic N) is 2. The number of para-hydroxylation sites is 1. The van der Waals surface area contributed by atoms with Gasteiger partial charge in [-0.3, -0.25) is 14.9 Å². The lowest BCUT2D eigenvalue weighted by atomic mass is 9.76. The Morgan fingerprint density at radius 2 is 1.67 bits per heavy atom. The molecule has 0 aliphatic heterocycles. The van der Waals surface area contributed by atoms with Gasteiger partial charge < -0.3 is 9.47 Å². The van der Waals surface area contributed by atoms with Gasteiger partial charge in [0.2, 0.25) is 11.7 Å². The van der Waals surface area contributed by atoms with Gasteiger partial charge in [0.05, 0.1) is 22.8 Å². The fraction of sp³-hybridized carbons (Fsp3) is 0.394. The second-order valence-corrected chi connectivity index (χ2v) is 11.9. The van der Waals surface area contributed by atoms with Gasteiger partial charge in [0, 0.05) is 23.6 Å². The van der Waals surface area contributed by atoms with Crippen molar-refractivity contribution in [2.24, 2.45) is 5.10 Å². The van der Waals surface area contributed by atoms with E-state index in [4.69, 9.17) is 21.1 Å². The topological polar surface area (TPSA) is 103 Å². The third-order valence-electron chi connectivity index (χ3n) is 7.70. The van der Waals surface area contributed by atoms with E-state index in [2.05, 4.69) is 64.2 Å². The number of nitro benzene ring substituents is 1. The Kier molecular flexibility index (Phi) is 11.1. The molecule has 0 heterocycles. The van der Waals surface area contributed by atoms with Gasteiger partial charge in [-0.1, -0.05) is 77.4 Å². The van der Waals surface area contributed by atoms with E-state index in [0.717, 1.165) is 18.6 Å². The van der Waals surface area contributed by atoms with Crippen molar-refractivity contribution < 1.29 is 19.2 Å². The number of hydrogen-bond donors (Lipinski definition) is 1. The van der Waals surface area contributed by atoms with E-state index in [1.54, 1.807) is 30.3 Å². The second kappa shape index (κ2) is 14.3. The van der Waals surface area contributed by atoms with E-state index in [1.165, 1.54) is 29.5 Å². The summed E-state index contributed by atoms with van der Waals surface area (Å²) in [7, 11) is 0. The van der Waals surface area contributed by atoms with E-state index in [-0.39, 0.29) is 34.6 Å². The van der Waals surface area contributed by atoms with Crippen molar-refractivity contribution in [2.75, 3.05) is 6.61 Å². The Labute approximate surface area is 253 Å². The van der Waals surface area contributed by atoms with Crippen LogP contribution >= 0.6 is 11.6 Å². The highest BCUT2D eigenvalue weighted by molar-refractivity contribution is 6.32. The lowest BCUT2D eigenvalue weighted by Gasteiger charge is -2.30. The summed E-state index contributed by atoms with van der Waals surface area (Å²) in [6, 6.07) is 17.5. The van der Waals surface area contributed by atoms with Gasteiger partial charge in [-0.05, 0) is 66.0 Å². The first-order valence-corrected chi connectivity index (χ1v) is 14.6. The van der Waals surface area contributed by atoms with Crippen molar-refractivity contribution in [1.82, 2.24) is 5.43 Å². The number of halogens is 1. The number of hydrogen-bond acceptors (Lipinski definition) is 6. The minimum atomic E-state index is -0.548. The zero-order chi connectivity index (χ0) is 30.9. The largest absolute Gasteiger partial charge is 0.493 e. The Balaban J connectivity index is 1.56. The van der Waals surface area contributed by atoms with Crippen LogP contribution in [0.5, 0.6) is 17.2 Å². The number of benzene rings is 3. The Hall–Kier alpha value is -3.91. The van der Waals surface area contributed by atoms with E-state index in [9.17, 15) is 14.9 Å². The average Bonchev–Trinajstić information content (AvgIpc) is 2.97. The van der Waals surface area contributed by atoms with Crippen LogP contribution in [0.1, 0.15) is 83.9 Å². The maximum absolute atomic E-state index is 12.3. The van der Waals surface area contributed by atoms with Gasteiger partial charge in [0.1, 0.15) is 11.5 Å². The number of ether oxygens (including phenoxy) is 2. The van der Waals surface area contributed by atoms with E-state index >= 15 is 0 Å². The molecule has 8 nitrogen and oxygen atoms in total. The number of nitro groups is 1. The van der Waals surface area contributed by atoms with E-state index in [0.29, 0.717) is 29.4 Å². The van der Waals surface area contributed by atoms with Crippen LogP contribution in [0.4, 0.5) is 5.69 Å². The van der Waals surface area contributed by atoms with Gasteiger partial charge >= 0.3 is 5.69 Å². The van der Waals surface area contributed by atoms with Crippen molar-refractivity contribution in [1.29, 1.82) is 0 Å². The second-order valence-electron chi connectivity index (χ2n) is 11.4. The van der Waals surface area contributed by atoms with Crippen LogP contribution in [-0.2, 0) is 15.6 Å². The van der Waals surface area contributed by atoms with Crippen LogP contribution in [0.15, 0.2) is 65.8 Å². The predicted molar refractivity (Wildman–Crippen MR) is 168 cm³/mol. The molecule has 0 aromatic heterocycles. The SMILES string of the molecule is CCC(C)(C)c1ccc(OCCCC(=O)N/N=C\c2ccc(Oc3ccccc3Cl)c([N+](=O)[O-])c2)c(C(C)(C)CC)c1. The molecule has 0 radical (unpaired) electrons. The first-order chi connectivity index (χ1) is 19.9. The molecule has 3 rings (SSSR count). The summed E-state index contributed by atoms with van der Waals surface area (Å²) in [6.07, 6.45) is 4.08. The molecule has 0 saturated carbocycles. The van der Waals surface area contributed by atoms with Crippen LogP contribution in [0.3, 0.4) is 0 Å². The first-order valence-electron chi connectivity index (χ1n) is 14.2. The fourth-order valence-electron chi connectivity index (χ4n) is 4.14. The molecule has 1 N–H and O–H groups in total. The van der Waals surface area contributed by atoms with Crippen molar-refractivity contribution in [3.8, 4) is 17.2 Å². The quantitative estimate of drug-likeness (QED) is 0.0871. The van der Waals surface area contributed by atoms with Gasteiger partial charge in [0.15, 0.2) is 0 Å². The van der Waals surface area contributed by atoms with Gasteiger partial charge in [-0.25, -0.2) is 5.43 Å². The van der Waals surface area contributed by atoms with Gasteiger partial charge in [-0.15, -0.1) is 0 Å². The lowest BCUT2D eigenvalue weighted by molar-refractivity contribution is -0.385. The first kappa shape index (κ1) is 32.6. The molecule has 0 saturated heterocycles. The number of hydrazone groups is 1. The smallest absolute Gasteiger partial charge is 0.312 e. The summed E-state index contributed by atoms with van der Waals surface area (Å²) in [4.78, 5) is 23.4. The maximum Gasteiger partial charge on any atom is 0.312 e. The molecule has 42 heavy (non-hydrogen) atoms. The molecule has 0 bridgehead atoms. The summed E-state index contributed by atoms with van der Waals surface area (Å²) in [5.41, 5.74) is 5.15. The normalized spacial score (nSPS) is 11.9. The summed E-state index contributed by atoms with van der Waals surface area (Å²) >= 11 is 6.10. The Morgan fingerprint density at radius 3 is 2.33 bits per heavy atom. The highest BCUT2D eigenvalue weighted by atomic mass is 35.5. The number of nitrogens with one attached hydrogen (secondary N) is 1. The molecular formula is C33H40ClN3O5. The van der Waals surface area contributed by atoms with Crippen LogP contribution < -0.4 is 14.9 Å². The molecule has 0 fully saturated rings. The average molecular weight is 594 g/mol. The standard InChI is InChI=1S/C33H40ClN3O5/c1-7-32(3,4)24-16-18-28(25(21-24)33(5,6)8-2)41-19-11-14-31(38)36-35-22-23-15-17-30(27(20-23)37(39)40)42-29-13-10-9-12-26(29)34/h9-10,12-13,15-18,20-22H,7-8,11,14,19H2,1-6H3,(H,36,38)/b35-22-. The molecule has 224 valence electrons. The van der Waals surface area contributed by atoms with Crippen LogP contribution in [0.2, 0.25) is 5.02 Å². The number of amides is 1. The van der Waals surface area contributed by atoms with Crippen molar-refractivity contribution >= 4 is 29.4 Å². The summed E-state index contributed by atoms with van der Waals surface area (Å²) < 4.78 is 11.8. The maximum atomic E-state index is 12.3. The summed E-state index contributed by atoms with van der Waals surface area (Å²) in [6.45, 7) is 13.7. The third-order valence-corrected chi connectivity index (χ3v) is 8.02. The molecule has 3 aromatic carbocycles. The Morgan fingerprint density at radius 1 is 0.976 bits per heavy atom. The molecule has 0 aliphatic rings. The van der Waals surface area contributed by atoms with Crippen LogP contribution in [-0.4, -0.2) is 23.7 Å². The van der Waals surface area contributed by atoms with Gasteiger partial charge in [-0.2, -0.15) is 5.10 Å². The molecule has 0 unspecified atom stereocenters. The minimum Gasteiger partial charge on any atom is -0.493 e. The van der Waals surface area contributed by atoms with Crippen LogP contribution in [0.25, 0.3) is 0 Å². The predicted octanol–water partition coefficient (Wildman–Crippen LogP) is 8.73. The minimum absolute atomic E-state index is 0.0449. The molecule has 3 aromatic rings. The van der Waals surface area contributed by atoms with Crippen molar-refractivity contribution in [3.63, 3.8) is 0 Å². The fourth-order valence-corrected chi connectivity index (χ4v) is 4.31. The third kappa shape index (κ3) is 8.55. The number of carbonyl (C=O) groups is 1. The van der Waals surface area contributed by atoms with Crippen molar-refractivity contribution in [2.45, 2.75) is 78.1 Å². The molecule has 0 spiro atoms. The van der Waals surface area contributed by atoms with E-state index < -0.39 is 4.92 Å². The van der Waals surface area contributed by atoms with Crippen molar-refractivity contribution in [3.05, 3.63) is 92.5 Å². The molecule has 0 aliphatic carbocycles. The summed E-state index contributed by atoms with van der Waals surface area (Å²) in [5.74, 6) is 0.919. The zero-order valence-electron chi connectivity index (χ0n) is 25.2. The molecular weight excluding hydrogens is 554 g/mol. The monoisotopic (exact) mass is 593 g/mol. The summed E-state index contributed by atoms with van der Waals surface area (Å²) in [5, 5.41) is 15.9. The number of rotatable bonds is 14. The van der Waals surface area contributed by atoms with E-state index in [1.807, 2.05) is 6.07 Å². The zero-order valence-corrected chi connectivity index (χ0v) is 26.0. The molecule has 9 heteroatoms. The molecule has 1 amide bonds. The van der Waals surface area contributed by atoms with Crippen LogP contribution in [0, 0.1) is 10.1 Å².